The Morgan fingerprint density at radius 2 is 1.84 bits per heavy atom. The van der Waals surface area contributed by atoms with Crippen LogP contribution >= 0.6 is 23.2 Å². The Morgan fingerprint density at radius 1 is 1.08 bits per heavy atom. The molecule has 0 unspecified atom stereocenters. The summed E-state index contributed by atoms with van der Waals surface area (Å²) in [5, 5.41) is 0.833. The van der Waals surface area contributed by atoms with Crippen molar-refractivity contribution < 1.29 is 22.7 Å². The molecule has 0 spiro atoms. The van der Waals surface area contributed by atoms with Gasteiger partial charge in [-0.2, -0.15) is 0 Å². The number of amides is 1. The Morgan fingerprint density at radius 3 is 2.56 bits per heavy atom. The molecule has 0 radical (unpaired) electrons. The van der Waals surface area contributed by atoms with Crippen molar-refractivity contribution in [1.82, 2.24) is 5.43 Å². The highest BCUT2D eigenvalue weighted by molar-refractivity contribution is 6.35. The van der Waals surface area contributed by atoms with Crippen molar-refractivity contribution in [3.05, 3.63) is 57.8 Å². The smallest absolute Gasteiger partial charge is 0.238 e. The fraction of sp³-hybridized carbons (Fsp3) is 0.188. The minimum Gasteiger partial charge on any atom is -0.492 e. The summed E-state index contributed by atoms with van der Waals surface area (Å²) in [7, 11) is 0. The topological polar surface area (TPSA) is 50.4 Å². The van der Waals surface area contributed by atoms with Gasteiger partial charge in [0.05, 0.1) is 17.3 Å². The molecule has 0 aliphatic carbocycles. The Kier molecular flexibility index (Phi) is 6.78. The van der Waals surface area contributed by atoms with Crippen LogP contribution in [0.15, 0.2) is 30.3 Å². The average Bonchev–Trinajstić information content (AvgIpc) is 2.57. The zero-order valence-electron chi connectivity index (χ0n) is 12.7. The van der Waals surface area contributed by atoms with Crippen LogP contribution in [0.2, 0.25) is 10.0 Å². The van der Waals surface area contributed by atoms with E-state index in [4.69, 9.17) is 27.9 Å². The molecular formula is C16H13Cl2F3N2O2. The summed E-state index contributed by atoms with van der Waals surface area (Å²) >= 11 is 11.7. The number of halogens is 5. The molecular weight excluding hydrogens is 380 g/mol. The molecule has 1 amide bonds. The number of rotatable bonds is 7. The van der Waals surface area contributed by atoms with Gasteiger partial charge in [0.2, 0.25) is 5.91 Å². The maximum atomic E-state index is 13.4. The van der Waals surface area contributed by atoms with Crippen LogP contribution in [0.4, 0.5) is 18.9 Å². The van der Waals surface area contributed by atoms with Gasteiger partial charge in [-0.1, -0.05) is 23.2 Å². The lowest BCUT2D eigenvalue weighted by Crippen LogP contribution is -2.30. The number of hydrogen-bond acceptors (Lipinski definition) is 3. The highest BCUT2D eigenvalue weighted by atomic mass is 35.5. The molecule has 0 aliphatic rings. The Balaban J connectivity index is 1.73. The van der Waals surface area contributed by atoms with E-state index in [2.05, 4.69) is 10.9 Å². The Labute approximate surface area is 151 Å². The summed E-state index contributed by atoms with van der Waals surface area (Å²) in [4.78, 5) is 11.6. The average molecular weight is 393 g/mol. The van der Waals surface area contributed by atoms with Crippen LogP contribution in [-0.2, 0) is 4.79 Å². The van der Waals surface area contributed by atoms with Crippen molar-refractivity contribution in [2.75, 3.05) is 12.0 Å². The number of carbonyl (C=O) groups is 1. The maximum Gasteiger partial charge on any atom is 0.238 e. The molecule has 0 aliphatic heterocycles. The van der Waals surface area contributed by atoms with Crippen molar-refractivity contribution in [2.45, 2.75) is 12.8 Å². The SMILES string of the molecule is O=C(CCCOc1ccc(Cl)cc1Cl)NNc1ccc(F)c(F)c1F. The number of hydrazine groups is 1. The molecule has 0 saturated heterocycles. The van der Waals surface area contributed by atoms with E-state index in [1.54, 1.807) is 12.1 Å². The first-order chi connectivity index (χ1) is 11.9. The third kappa shape index (κ3) is 5.44. The highest BCUT2D eigenvalue weighted by Crippen LogP contribution is 2.27. The molecule has 9 heteroatoms. The van der Waals surface area contributed by atoms with Crippen molar-refractivity contribution in [3.63, 3.8) is 0 Å². The summed E-state index contributed by atoms with van der Waals surface area (Å²) in [5.41, 5.74) is 4.01. The van der Waals surface area contributed by atoms with Crippen LogP contribution in [0.25, 0.3) is 0 Å². The van der Waals surface area contributed by atoms with Gasteiger partial charge in [0, 0.05) is 11.4 Å². The van der Waals surface area contributed by atoms with Gasteiger partial charge >= 0.3 is 0 Å². The second-order valence-electron chi connectivity index (χ2n) is 4.92. The molecule has 0 heterocycles. The largest absolute Gasteiger partial charge is 0.492 e. The van der Waals surface area contributed by atoms with Gasteiger partial charge in [-0.05, 0) is 36.8 Å². The molecule has 0 aromatic heterocycles. The van der Waals surface area contributed by atoms with E-state index < -0.39 is 23.4 Å². The lowest BCUT2D eigenvalue weighted by molar-refractivity contribution is -0.120. The van der Waals surface area contributed by atoms with Gasteiger partial charge in [0.25, 0.3) is 0 Å². The Bertz CT molecular complexity index is 775. The molecule has 0 saturated carbocycles. The fourth-order valence-electron chi connectivity index (χ4n) is 1.83. The Hall–Kier alpha value is -2.12. The predicted octanol–water partition coefficient (Wildman–Crippen LogP) is 4.71. The van der Waals surface area contributed by atoms with Gasteiger partial charge < -0.3 is 4.74 Å². The fourth-order valence-corrected chi connectivity index (χ4v) is 2.29. The van der Waals surface area contributed by atoms with E-state index in [1.807, 2.05) is 0 Å². The van der Waals surface area contributed by atoms with E-state index in [0.29, 0.717) is 22.2 Å². The number of carbonyl (C=O) groups excluding carboxylic acids is 1. The summed E-state index contributed by atoms with van der Waals surface area (Å²) < 4.78 is 44.7. The second kappa shape index (κ2) is 8.82. The second-order valence-corrected chi connectivity index (χ2v) is 5.77. The van der Waals surface area contributed by atoms with Crippen LogP contribution in [0.5, 0.6) is 5.75 Å². The number of nitrogens with one attached hydrogen (secondary N) is 2. The van der Waals surface area contributed by atoms with Gasteiger partial charge in [-0.15, -0.1) is 0 Å². The molecule has 4 nitrogen and oxygen atoms in total. The summed E-state index contributed by atoms with van der Waals surface area (Å²) in [6.45, 7) is 0.217. The van der Waals surface area contributed by atoms with Gasteiger partial charge in [-0.25, -0.2) is 13.2 Å². The van der Waals surface area contributed by atoms with Crippen molar-refractivity contribution in [1.29, 1.82) is 0 Å². The maximum absolute atomic E-state index is 13.4. The van der Waals surface area contributed by atoms with E-state index in [-0.39, 0.29) is 18.7 Å². The van der Waals surface area contributed by atoms with Gasteiger partial charge in [0.15, 0.2) is 17.5 Å². The molecule has 0 atom stereocenters. The molecule has 2 N–H and O–H groups in total. The van der Waals surface area contributed by atoms with E-state index in [1.165, 1.54) is 6.07 Å². The molecule has 2 rings (SSSR count). The normalized spacial score (nSPS) is 10.4. The third-order valence-corrected chi connectivity index (χ3v) is 3.60. The first-order valence-electron chi connectivity index (χ1n) is 7.14. The summed E-state index contributed by atoms with van der Waals surface area (Å²) in [6.07, 6.45) is 0.413. The predicted molar refractivity (Wildman–Crippen MR) is 89.3 cm³/mol. The zero-order chi connectivity index (χ0) is 18.4. The summed E-state index contributed by atoms with van der Waals surface area (Å²) in [6, 6.07) is 6.48. The van der Waals surface area contributed by atoms with Crippen molar-refractivity contribution in [2.24, 2.45) is 0 Å². The van der Waals surface area contributed by atoms with Crippen molar-refractivity contribution in [3.8, 4) is 5.75 Å². The molecule has 2 aromatic carbocycles. The molecule has 25 heavy (non-hydrogen) atoms. The van der Waals surface area contributed by atoms with Crippen LogP contribution in [0, 0.1) is 17.5 Å². The van der Waals surface area contributed by atoms with Crippen LogP contribution in [0.3, 0.4) is 0 Å². The van der Waals surface area contributed by atoms with Crippen LogP contribution < -0.4 is 15.6 Å². The lowest BCUT2D eigenvalue weighted by Gasteiger charge is -2.11. The number of ether oxygens (including phenoxy) is 1. The zero-order valence-corrected chi connectivity index (χ0v) is 14.2. The van der Waals surface area contributed by atoms with E-state index >= 15 is 0 Å². The minimum absolute atomic E-state index is 0.0590. The van der Waals surface area contributed by atoms with Gasteiger partial charge in [0.1, 0.15) is 5.75 Å². The number of benzene rings is 2. The molecule has 134 valence electrons. The number of hydrogen-bond donors (Lipinski definition) is 2. The monoisotopic (exact) mass is 392 g/mol. The van der Waals surface area contributed by atoms with Gasteiger partial charge in [-0.3, -0.25) is 15.6 Å². The standard InChI is InChI=1S/C16H13Cl2F3N2O2/c17-9-3-6-13(10(18)8-9)25-7-1-2-14(24)23-22-12-5-4-11(19)15(20)16(12)21/h3-6,8,22H,1-2,7H2,(H,23,24). The molecule has 0 bridgehead atoms. The molecule has 2 aromatic rings. The quantitative estimate of drug-likeness (QED) is 0.407. The third-order valence-electron chi connectivity index (χ3n) is 3.07. The highest BCUT2D eigenvalue weighted by Gasteiger charge is 2.13. The number of anilines is 1. The van der Waals surface area contributed by atoms with Crippen molar-refractivity contribution >= 4 is 34.8 Å². The van der Waals surface area contributed by atoms with E-state index in [0.717, 1.165) is 12.1 Å². The molecule has 0 fully saturated rings. The first kappa shape index (κ1) is 19.2. The first-order valence-corrected chi connectivity index (χ1v) is 7.90. The van der Waals surface area contributed by atoms with E-state index in [9.17, 15) is 18.0 Å². The lowest BCUT2D eigenvalue weighted by atomic mass is 10.3. The van der Waals surface area contributed by atoms with Crippen LogP contribution in [0.1, 0.15) is 12.8 Å². The minimum atomic E-state index is -1.62. The summed E-state index contributed by atoms with van der Waals surface area (Å²) in [5.74, 6) is -4.38. The van der Waals surface area contributed by atoms with Crippen LogP contribution in [-0.4, -0.2) is 12.5 Å².